The van der Waals surface area contributed by atoms with Crippen LogP contribution in [-0.2, 0) is 0 Å². The maximum atomic E-state index is 5.82. The lowest BCUT2D eigenvalue weighted by Gasteiger charge is -2.13. The van der Waals surface area contributed by atoms with Crippen LogP contribution in [-0.4, -0.2) is 9.97 Å². The second kappa shape index (κ2) is 5.88. The van der Waals surface area contributed by atoms with Crippen molar-refractivity contribution in [3.05, 3.63) is 41.2 Å². The monoisotopic (exact) mass is 272 g/mol. The average Bonchev–Trinajstić information content (AvgIpc) is 2.41. The van der Waals surface area contributed by atoms with E-state index in [2.05, 4.69) is 42.2 Å². The number of nitrogens with zero attached hydrogens (tertiary/aromatic N) is 2. The third-order valence-corrected chi connectivity index (χ3v) is 3.25. The van der Waals surface area contributed by atoms with E-state index in [1.165, 1.54) is 17.5 Å². The van der Waals surface area contributed by atoms with Crippen molar-refractivity contribution in [1.29, 1.82) is 0 Å². The Hall–Kier alpha value is -2.14. The summed E-state index contributed by atoms with van der Waals surface area (Å²) in [6, 6.07) is 6.07. The van der Waals surface area contributed by atoms with Gasteiger partial charge in [-0.05, 0) is 43.0 Å². The van der Waals surface area contributed by atoms with Crippen molar-refractivity contribution < 1.29 is 4.74 Å². The van der Waals surface area contributed by atoms with E-state index in [-0.39, 0.29) is 0 Å². The van der Waals surface area contributed by atoms with Crippen LogP contribution in [0, 0.1) is 13.8 Å². The average molecular weight is 272 g/mol. The lowest BCUT2D eigenvalue weighted by atomic mass is 9.98. The zero-order valence-corrected chi connectivity index (χ0v) is 12.3. The Bertz CT molecular complexity index is 611. The Balaban J connectivity index is 2.29. The SMILES string of the molecule is Cc1cc(Oc2ncnc(NN)c2C)ccc1C(C)C. The molecule has 1 heterocycles. The summed E-state index contributed by atoms with van der Waals surface area (Å²) in [7, 11) is 0. The van der Waals surface area contributed by atoms with E-state index in [9.17, 15) is 0 Å². The summed E-state index contributed by atoms with van der Waals surface area (Å²) in [4.78, 5) is 8.17. The summed E-state index contributed by atoms with van der Waals surface area (Å²) in [5.41, 5.74) is 5.83. The van der Waals surface area contributed by atoms with E-state index in [0.29, 0.717) is 17.6 Å². The van der Waals surface area contributed by atoms with Gasteiger partial charge >= 0.3 is 0 Å². The Morgan fingerprint density at radius 1 is 1.20 bits per heavy atom. The molecule has 0 spiro atoms. The van der Waals surface area contributed by atoms with Crippen molar-refractivity contribution >= 4 is 5.82 Å². The fourth-order valence-corrected chi connectivity index (χ4v) is 2.15. The number of hydrogen-bond acceptors (Lipinski definition) is 5. The van der Waals surface area contributed by atoms with Gasteiger partial charge in [0, 0.05) is 0 Å². The van der Waals surface area contributed by atoms with Gasteiger partial charge in [-0.25, -0.2) is 15.8 Å². The van der Waals surface area contributed by atoms with Gasteiger partial charge in [-0.3, -0.25) is 0 Å². The summed E-state index contributed by atoms with van der Waals surface area (Å²) in [5.74, 6) is 7.72. The highest BCUT2D eigenvalue weighted by molar-refractivity contribution is 5.48. The van der Waals surface area contributed by atoms with Crippen molar-refractivity contribution in [2.45, 2.75) is 33.6 Å². The highest BCUT2D eigenvalue weighted by Crippen LogP contribution is 2.28. The number of ether oxygens (including phenoxy) is 1. The van der Waals surface area contributed by atoms with Gasteiger partial charge in [0.2, 0.25) is 5.88 Å². The Labute approximate surface area is 119 Å². The number of anilines is 1. The van der Waals surface area contributed by atoms with E-state index < -0.39 is 0 Å². The molecule has 1 aromatic heterocycles. The molecular formula is C15H20N4O. The molecule has 20 heavy (non-hydrogen) atoms. The third-order valence-electron chi connectivity index (χ3n) is 3.25. The zero-order chi connectivity index (χ0) is 14.7. The predicted octanol–water partition coefficient (Wildman–Crippen LogP) is 3.29. The highest BCUT2D eigenvalue weighted by atomic mass is 16.5. The van der Waals surface area contributed by atoms with Crippen LogP contribution in [0.5, 0.6) is 11.6 Å². The predicted molar refractivity (Wildman–Crippen MR) is 79.9 cm³/mol. The molecule has 0 radical (unpaired) electrons. The molecule has 2 rings (SSSR count). The molecule has 0 atom stereocenters. The molecule has 2 aromatic rings. The van der Waals surface area contributed by atoms with Crippen LogP contribution in [0.2, 0.25) is 0 Å². The topological polar surface area (TPSA) is 73.1 Å². The molecule has 0 aliphatic heterocycles. The van der Waals surface area contributed by atoms with Gasteiger partial charge in [-0.1, -0.05) is 19.9 Å². The minimum Gasteiger partial charge on any atom is -0.439 e. The number of nitrogens with two attached hydrogens (primary N) is 1. The lowest BCUT2D eigenvalue weighted by molar-refractivity contribution is 0.457. The summed E-state index contributed by atoms with van der Waals surface area (Å²) in [6.45, 7) is 8.30. The first-order valence-electron chi connectivity index (χ1n) is 6.59. The van der Waals surface area contributed by atoms with Crippen molar-refractivity contribution in [2.75, 3.05) is 5.43 Å². The summed E-state index contributed by atoms with van der Waals surface area (Å²) in [6.07, 6.45) is 1.42. The normalized spacial score (nSPS) is 10.7. The first kappa shape index (κ1) is 14.3. The second-order valence-electron chi connectivity index (χ2n) is 5.07. The van der Waals surface area contributed by atoms with Crippen LogP contribution in [0.15, 0.2) is 24.5 Å². The van der Waals surface area contributed by atoms with Crippen LogP contribution >= 0.6 is 0 Å². The highest BCUT2D eigenvalue weighted by Gasteiger charge is 2.10. The zero-order valence-electron chi connectivity index (χ0n) is 12.3. The van der Waals surface area contributed by atoms with Crippen molar-refractivity contribution in [3.8, 4) is 11.6 Å². The number of rotatable bonds is 4. The van der Waals surface area contributed by atoms with Crippen LogP contribution in [0.1, 0.15) is 36.5 Å². The molecule has 5 nitrogen and oxygen atoms in total. The molecule has 0 amide bonds. The molecule has 1 aromatic carbocycles. The molecule has 106 valence electrons. The Kier molecular flexibility index (Phi) is 4.20. The molecule has 0 unspecified atom stereocenters. The number of hydrogen-bond donors (Lipinski definition) is 2. The van der Waals surface area contributed by atoms with Gasteiger partial charge in [0.05, 0.1) is 5.56 Å². The number of aryl methyl sites for hydroxylation is 1. The molecule has 0 bridgehead atoms. The van der Waals surface area contributed by atoms with Gasteiger partial charge in [0.25, 0.3) is 0 Å². The summed E-state index contributed by atoms with van der Waals surface area (Å²) < 4.78 is 5.82. The Morgan fingerprint density at radius 3 is 2.55 bits per heavy atom. The molecule has 0 saturated heterocycles. The second-order valence-corrected chi connectivity index (χ2v) is 5.07. The maximum absolute atomic E-state index is 5.82. The number of benzene rings is 1. The van der Waals surface area contributed by atoms with Crippen molar-refractivity contribution in [1.82, 2.24) is 9.97 Å². The fourth-order valence-electron chi connectivity index (χ4n) is 2.15. The first-order chi connectivity index (χ1) is 9.52. The van der Waals surface area contributed by atoms with E-state index >= 15 is 0 Å². The third kappa shape index (κ3) is 2.88. The minimum atomic E-state index is 0.498. The van der Waals surface area contributed by atoms with Crippen LogP contribution in [0.4, 0.5) is 5.82 Å². The van der Waals surface area contributed by atoms with Crippen LogP contribution in [0.3, 0.4) is 0 Å². The summed E-state index contributed by atoms with van der Waals surface area (Å²) >= 11 is 0. The van der Waals surface area contributed by atoms with E-state index in [1.807, 2.05) is 19.1 Å². The van der Waals surface area contributed by atoms with Gasteiger partial charge in [0.1, 0.15) is 17.9 Å². The molecular weight excluding hydrogens is 252 g/mol. The molecule has 5 heteroatoms. The van der Waals surface area contributed by atoms with Crippen molar-refractivity contribution in [2.24, 2.45) is 5.84 Å². The first-order valence-corrected chi connectivity index (χ1v) is 6.59. The number of aromatic nitrogens is 2. The molecule has 3 N–H and O–H groups in total. The van der Waals surface area contributed by atoms with Gasteiger partial charge < -0.3 is 10.2 Å². The van der Waals surface area contributed by atoms with Crippen molar-refractivity contribution in [3.63, 3.8) is 0 Å². The molecule has 0 fully saturated rings. The number of nitrogens with one attached hydrogen (secondary N) is 1. The largest absolute Gasteiger partial charge is 0.439 e. The Morgan fingerprint density at radius 2 is 1.95 bits per heavy atom. The smallest absolute Gasteiger partial charge is 0.227 e. The van der Waals surface area contributed by atoms with E-state index in [4.69, 9.17) is 10.6 Å². The van der Waals surface area contributed by atoms with E-state index in [1.54, 1.807) is 0 Å². The number of nitrogen functional groups attached to an aromatic ring is 1. The lowest BCUT2D eigenvalue weighted by Crippen LogP contribution is -2.11. The fraction of sp³-hybridized carbons (Fsp3) is 0.333. The van der Waals surface area contributed by atoms with E-state index in [0.717, 1.165) is 11.3 Å². The number of hydrazine groups is 1. The van der Waals surface area contributed by atoms with Gasteiger partial charge in [0.15, 0.2) is 0 Å². The minimum absolute atomic E-state index is 0.498. The maximum Gasteiger partial charge on any atom is 0.227 e. The molecule has 0 aliphatic rings. The van der Waals surface area contributed by atoms with Crippen LogP contribution in [0.25, 0.3) is 0 Å². The standard InChI is InChI=1S/C15H20N4O/c1-9(2)13-6-5-12(7-10(13)3)20-15-11(4)14(19-16)17-8-18-15/h5-9H,16H2,1-4H3,(H,17,18,19). The van der Waals surface area contributed by atoms with Crippen LogP contribution < -0.4 is 16.0 Å². The van der Waals surface area contributed by atoms with Gasteiger partial charge in [-0.2, -0.15) is 0 Å². The van der Waals surface area contributed by atoms with Gasteiger partial charge in [-0.15, -0.1) is 0 Å². The quantitative estimate of drug-likeness (QED) is 0.660. The molecule has 0 aliphatic carbocycles. The molecule has 0 saturated carbocycles. The summed E-state index contributed by atoms with van der Waals surface area (Å²) in [5, 5.41) is 0.